The lowest BCUT2D eigenvalue weighted by Gasteiger charge is -2.33. The van der Waals surface area contributed by atoms with E-state index in [4.69, 9.17) is 0 Å². The molecule has 0 atom stereocenters. The fourth-order valence-electron chi connectivity index (χ4n) is 2.59. The SMILES string of the molecule is CC(C)(C)CC(C)(C)NC(=O)CCNC(=O)c1cccs1. The Morgan fingerprint density at radius 1 is 1.19 bits per heavy atom. The quantitative estimate of drug-likeness (QED) is 0.847. The summed E-state index contributed by atoms with van der Waals surface area (Å²) in [5.74, 6) is -0.150. The number of thiophene rings is 1. The maximum absolute atomic E-state index is 12.0. The first-order chi connectivity index (χ1) is 9.59. The number of hydrogen-bond acceptors (Lipinski definition) is 3. The van der Waals surface area contributed by atoms with Crippen LogP contribution in [0, 0.1) is 5.41 Å². The lowest BCUT2D eigenvalue weighted by atomic mass is 9.82. The van der Waals surface area contributed by atoms with Crippen molar-refractivity contribution in [1.29, 1.82) is 0 Å². The van der Waals surface area contributed by atoms with Gasteiger partial charge in [-0.2, -0.15) is 0 Å². The van der Waals surface area contributed by atoms with Crippen LogP contribution < -0.4 is 10.6 Å². The van der Waals surface area contributed by atoms with Gasteiger partial charge >= 0.3 is 0 Å². The summed E-state index contributed by atoms with van der Waals surface area (Å²) < 4.78 is 0. The maximum atomic E-state index is 12.0. The maximum Gasteiger partial charge on any atom is 0.261 e. The Morgan fingerprint density at radius 3 is 2.38 bits per heavy atom. The Bertz CT molecular complexity index is 473. The molecule has 0 bridgehead atoms. The lowest BCUT2D eigenvalue weighted by molar-refractivity contribution is -0.122. The van der Waals surface area contributed by atoms with Crippen molar-refractivity contribution in [2.75, 3.05) is 6.54 Å². The van der Waals surface area contributed by atoms with Gasteiger partial charge in [-0.1, -0.05) is 26.8 Å². The van der Waals surface area contributed by atoms with Crippen LogP contribution in [0.15, 0.2) is 17.5 Å². The summed E-state index contributed by atoms with van der Waals surface area (Å²) in [5.41, 5.74) is -0.0861. The number of carbonyl (C=O) groups is 2. The molecule has 0 saturated carbocycles. The molecule has 2 N–H and O–H groups in total. The molecule has 0 aromatic carbocycles. The van der Waals surface area contributed by atoms with Crippen molar-refractivity contribution in [2.24, 2.45) is 5.41 Å². The summed E-state index contributed by atoms with van der Waals surface area (Å²) in [5, 5.41) is 7.65. The van der Waals surface area contributed by atoms with Crippen LogP contribution in [0.3, 0.4) is 0 Å². The molecular weight excluding hydrogens is 284 g/mol. The molecule has 4 nitrogen and oxygen atoms in total. The van der Waals surface area contributed by atoms with Gasteiger partial charge in [0.25, 0.3) is 5.91 Å². The Hall–Kier alpha value is -1.36. The Balaban J connectivity index is 2.32. The summed E-state index contributed by atoms with van der Waals surface area (Å²) in [6.45, 7) is 10.9. The summed E-state index contributed by atoms with van der Waals surface area (Å²) in [4.78, 5) is 24.4. The second-order valence-electron chi connectivity index (χ2n) is 7.15. The topological polar surface area (TPSA) is 58.2 Å². The molecule has 0 aliphatic carbocycles. The zero-order chi connectivity index (χ0) is 16.1. The van der Waals surface area contributed by atoms with E-state index in [0.29, 0.717) is 17.8 Å². The summed E-state index contributed by atoms with van der Waals surface area (Å²) in [7, 11) is 0. The standard InChI is InChI=1S/C16H26N2O2S/c1-15(2,3)11-16(4,5)18-13(19)8-9-17-14(20)12-7-6-10-21-12/h6-7,10H,8-9,11H2,1-5H3,(H,17,20)(H,18,19). The Labute approximate surface area is 131 Å². The predicted octanol–water partition coefficient (Wildman–Crippen LogP) is 3.20. The second-order valence-corrected chi connectivity index (χ2v) is 8.10. The minimum Gasteiger partial charge on any atom is -0.351 e. The predicted molar refractivity (Wildman–Crippen MR) is 87.6 cm³/mol. The zero-order valence-corrected chi connectivity index (χ0v) is 14.4. The molecule has 21 heavy (non-hydrogen) atoms. The Kier molecular flexibility index (Phi) is 5.96. The van der Waals surface area contributed by atoms with E-state index in [2.05, 4.69) is 31.4 Å². The molecule has 0 saturated heterocycles. The fourth-order valence-corrected chi connectivity index (χ4v) is 3.23. The number of rotatable bonds is 6. The van der Waals surface area contributed by atoms with E-state index in [1.165, 1.54) is 11.3 Å². The highest BCUT2D eigenvalue weighted by Crippen LogP contribution is 2.26. The highest BCUT2D eigenvalue weighted by atomic mass is 32.1. The van der Waals surface area contributed by atoms with E-state index < -0.39 is 0 Å². The number of amides is 2. The van der Waals surface area contributed by atoms with Crippen LogP contribution in [-0.4, -0.2) is 23.9 Å². The van der Waals surface area contributed by atoms with Gasteiger partial charge in [0.1, 0.15) is 0 Å². The molecule has 0 spiro atoms. The third kappa shape index (κ3) is 7.27. The summed E-state index contributed by atoms with van der Waals surface area (Å²) >= 11 is 1.39. The van der Waals surface area contributed by atoms with Crippen molar-refractivity contribution in [2.45, 2.75) is 53.0 Å². The molecule has 1 aromatic heterocycles. The van der Waals surface area contributed by atoms with Crippen molar-refractivity contribution in [3.63, 3.8) is 0 Å². The summed E-state index contributed by atoms with van der Waals surface area (Å²) in [6.07, 6.45) is 1.19. The van der Waals surface area contributed by atoms with Crippen LogP contribution in [-0.2, 0) is 4.79 Å². The van der Waals surface area contributed by atoms with Gasteiger partial charge in [-0.15, -0.1) is 11.3 Å². The van der Waals surface area contributed by atoms with Gasteiger partial charge in [0.05, 0.1) is 4.88 Å². The third-order valence-electron chi connectivity index (χ3n) is 2.83. The minimum atomic E-state index is -0.243. The van der Waals surface area contributed by atoms with Crippen molar-refractivity contribution in [3.8, 4) is 0 Å². The van der Waals surface area contributed by atoms with Gasteiger partial charge in [-0.25, -0.2) is 0 Å². The van der Waals surface area contributed by atoms with Gasteiger partial charge in [0, 0.05) is 18.5 Å². The molecule has 1 aromatic rings. The molecule has 0 unspecified atom stereocenters. The molecule has 0 aliphatic heterocycles. The van der Waals surface area contributed by atoms with Crippen LogP contribution in [0.2, 0.25) is 0 Å². The van der Waals surface area contributed by atoms with Gasteiger partial charge in [-0.05, 0) is 37.1 Å². The van der Waals surface area contributed by atoms with E-state index in [0.717, 1.165) is 6.42 Å². The van der Waals surface area contributed by atoms with E-state index in [-0.39, 0.29) is 22.8 Å². The first kappa shape index (κ1) is 17.7. The highest BCUT2D eigenvalue weighted by Gasteiger charge is 2.26. The molecule has 2 amide bonds. The average molecular weight is 310 g/mol. The van der Waals surface area contributed by atoms with Crippen LogP contribution >= 0.6 is 11.3 Å². The highest BCUT2D eigenvalue weighted by molar-refractivity contribution is 7.12. The van der Waals surface area contributed by atoms with Gasteiger partial charge < -0.3 is 10.6 Å². The minimum absolute atomic E-state index is 0.0317. The lowest BCUT2D eigenvalue weighted by Crippen LogP contribution is -2.46. The van der Waals surface area contributed by atoms with Crippen molar-refractivity contribution in [3.05, 3.63) is 22.4 Å². The second kappa shape index (κ2) is 7.07. The Morgan fingerprint density at radius 2 is 1.86 bits per heavy atom. The van der Waals surface area contributed by atoms with Crippen LogP contribution in [0.5, 0.6) is 0 Å². The third-order valence-corrected chi connectivity index (χ3v) is 3.70. The number of carbonyl (C=O) groups excluding carboxylic acids is 2. The van der Waals surface area contributed by atoms with Crippen LogP contribution in [0.4, 0.5) is 0 Å². The average Bonchev–Trinajstić information content (AvgIpc) is 2.77. The monoisotopic (exact) mass is 310 g/mol. The molecular formula is C16H26N2O2S. The molecule has 0 radical (unpaired) electrons. The number of nitrogens with one attached hydrogen (secondary N) is 2. The molecule has 1 heterocycles. The van der Waals surface area contributed by atoms with E-state index in [1.54, 1.807) is 6.07 Å². The normalized spacial score (nSPS) is 12.0. The molecule has 5 heteroatoms. The first-order valence-corrected chi connectivity index (χ1v) is 8.10. The smallest absolute Gasteiger partial charge is 0.261 e. The van der Waals surface area contributed by atoms with Gasteiger partial charge in [-0.3, -0.25) is 9.59 Å². The zero-order valence-electron chi connectivity index (χ0n) is 13.6. The van der Waals surface area contributed by atoms with Gasteiger partial charge in [0.2, 0.25) is 5.91 Å². The molecule has 1 rings (SSSR count). The summed E-state index contributed by atoms with van der Waals surface area (Å²) in [6, 6.07) is 3.60. The first-order valence-electron chi connectivity index (χ1n) is 7.22. The van der Waals surface area contributed by atoms with Gasteiger partial charge in [0.15, 0.2) is 0 Å². The molecule has 0 fully saturated rings. The molecule has 0 aliphatic rings. The van der Waals surface area contributed by atoms with E-state index in [9.17, 15) is 9.59 Å². The van der Waals surface area contributed by atoms with Crippen molar-refractivity contribution < 1.29 is 9.59 Å². The van der Waals surface area contributed by atoms with Crippen LogP contribution in [0.25, 0.3) is 0 Å². The molecule has 118 valence electrons. The number of hydrogen-bond donors (Lipinski definition) is 2. The van der Waals surface area contributed by atoms with Crippen molar-refractivity contribution >= 4 is 23.2 Å². The van der Waals surface area contributed by atoms with E-state index in [1.807, 2.05) is 25.3 Å². The largest absolute Gasteiger partial charge is 0.351 e. The van der Waals surface area contributed by atoms with E-state index >= 15 is 0 Å². The van der Waals surface area contributed by atoms with Crippen LogP contribution in [0.1, 0.15) is 57.1 Å². The fraction of sp³-hybridized carbons (Fsp3) is 0.625. The van der Waals surface area contributed by atoms with Crippen molar-refractivity contribution in [1.82, 2.24) is 10.6 Å².